The van der Waals surface area contributed by atoms with Crippen LogP contribution in [0.3, 0.4) is 0 Å². The van der Waals surface area contributed by atoms with Crippen LogP contribution in [-0.2, 0) is 16.0 Å². The Labute approximate surface area is 185 Å². The van der Waals surface area contributed by atoms with Crippen molar-refractivity contribution in [1.29, 1.82) is 0 Å². The fourth-order valence-electron chi connectivity index (χ4n) is 4.83. The van der Waals surface area contributed by atoms with Gasteiger partial charge in [-0.05, 0) is 43.5 Å². The highest BCUT2D eigenvalue weighted by molar-refractivity contribution is 5.82. The Morgan fingerprint density at radius 3 is 2.29 bits per heavy atom. The molecule has 2 saturated heterocycles. The lowest BCUT2D eigenvalue weighted by Crippen LogP contribution is -2.49. The third kappa shape index (κ3) is 5.95. The molecule has 0 bridgehead atoms. The molecular weight excluding hydrogens is 386 g/mol. The Bertz CT molecular complexity index is 849. The van der Waals surface area contributed by atoms with Gasteiger partial charge in [-0.3, -0.25) is 9.59 Å². The van der Waals surface area contributed by atoms with E-state index < -0.39 is 0 Å². The lowest BCUT2D eigenvalue weighted by Gasteiger charge is -2.37. The Kier molecular flexibility index (Phi) is 7.36. The van der Waals surface area contributed by atoms with Crippen LogP contribution in [0.25, 0.3) is 0 Å². The number of rotatable bonds is 7. The van der Waals surface area contributed by atoms with Crippen molar-refractivity contribution in [3.8, 4) is 0 Å². The highest BCUT2D eigenvalue weighted by Crippen LogP contribution is 2.31. The fraction of sp³-hybridized carbons (Fsp3) is 0.462. The van der Waals surface area contributed by atoms with E-state index in [1.54, 1.807) is 0 Å². The van der Waals surface area contributed by atoms with Crippen LogP contribution in [0.4, 0.5) is 0 Å². The van der Waals surface area contributed by atoms with Crippen LogP contribution in [0.5, 0.6) is 0 Å². The van der Waals surface area contributed by atoms with Crippen molar-refractivity contribution >= 4 is 11.8 Å². The smallest absolute Gasteiger partial charge is 0.227 e. The van der Waals surface area contributed by atoms with Crippen LogP contribution in [0.1, 0.15) is 36.3 Å². The molecule has 2 aliphatic heterocycles. The maximum atomic E-state index is 13.1. The zero-order valence-corrected chi connectivity index (χ0v) is 18.2. The van der Waals surface area contributed by atoms with Crippen LogP contribution in [-0.4, -0.2) is 60.9 Å². The summed E-state index contributed by atoms with van der Waals surface area (Å²) in [5, 5.41) is 3.14. The minimum Gasteiger partial charge on any atom is -0.355 e. The van der Waals surface area contributed by atoms with E-state index in [1.165, 1.54) is 18.4 Å². The number of amides is 2. The predicted molar refractivity (Wildman–Crippen MR) is 123 cm³/mol. The van der Waals surface area contributed by atoms with Crippen molar-refractivity contribution in [2.45, 2.75) is 31.6 Å². The van der Waals surface area contributed by atoms with Crippen molar-refractivity contribution in [2.24, 2.45) is 5.92 Å². The molecule has 2 aliphatic rings. The molecule has 2 aromatic rings. The van der Waals surface area contributed by atoms with Gasteiger partial charge in [0.15, 0.2) is 0 Å². The van der Waals surface area contributed by atoms with E-state index in [-0.39, 0.29) is 23.7 Å². The summed E-state index contributed by atoms with van der Waals surface area (Å²) in [4.78, 5) is 30.4. The topological polar surface area (TPSA) is 52.7 Å². The maximum absolute atomic E-state index is 13.1. The normalized spacial score (nSPS) is 21.7. The van der Waals surface area contributed by atoms with E-state index in [0.717, 1.165) is 31.6 Å². The van der Waals surface area contributed by atoms with Crippen molar-refractivity contribution < 1.29 is 9.59 Å². The van der Waals surface area contributed by atoms with Crippen molar-refractivity contribution in [1.82, 2.24) is 15.1 Å². The SMILES string of the molecule is O=C(NCCN1CCCC1)[C@@H]1C[C@H](c2ccccc2)CN(C(=O)Cc2ccccc2)C1. The van der Waals surface area contributed by atoms with E-state index in [9.17, 15) is 9.59 Å². The Morgan fingerprint density at radius 1 is 0.903 bits per heavy atom. The molecule has 5 heteroatoms. The van der Waals surface area contributed by atoms with Gasteiger partial charge in [0.25, 0.3) is 0 Å². The lowest BCUT2D eigenvalue weighted by atomic mass is 9.83. The van der Waals surface area contributed by atoms with Crippen LogP contribution in [0.2, 0.25) is 0 Å². The van der Waals surface area contributed by atoms with Crippen molar-refractivity contribution in [2.75, 3.05) is 39.3 Å². The van der Waals surface area contributed by atoms with E-state index >= 15 is 0 Å². The zero-order valence-electron chi connectivity index (χ0n) is 18.2. The number of carbonyl (C=O) groups excluding carboxylic acids is 2. The molecule has 0 saturated carbocycles. The van der Waals surface area contributed by atoms with Crippen LogP contribution >= 0.6 is 0 Å². The third-order valence-corrected chi connectivity index (χ3v) is 6.57. The first-order chi connectivity index (χ1) is 15.2. The van der Waals surface area contributed by atoms with Gasteiger partial charge >= 0.3 is 0 Å². The minimum atomic E-state index is -0.169. The molecule has 0 spiro atoms. The summed E-state index contributed by atoms with van der Waals surface area (Å²) in [7, 11) is 0. The van der Waals surface area contributed by atoms with Crippen LogP contribution in [0, 0.1) is 5.92 Å². The van der Waals surface area contributed by atoms with Gasteiger partial charge in [-0.15, -0.1) is 0 Å². The number of nitrogens with zero attached hydrogens (tertiary/aromatic N) is 2. The molecule has 5 nitrogen and oxygen atoms in total. The van der Waals surface area contributed by atoms with Gasteiger partial charge in [-0.2, -0.15) is 0 Å². The molecule has 4 rings (SSSR count). The summed E-state index contributed by atoms with van der Waals surface area (Å²) >= 11 is 0. The summed E-state index contributed by atoms with van der Waals surface area (Å²) in [6, 6.07) is 20.1. The molecule has 31 heavy (non-hydrogen) atoms. The molecule has 0 aromatic heterocycles. The second-order valence-electron chi connectivity index (χ2n) is 8.84. The third-order valence-electron chi connectivity index (χ3n) is 6.57. The number of hydrogen-bond acceptors (Lipinski definition) is 3. The number of likely N-dealkylation sites (tertiary alicyclic amines) is 2. The van der Waals surface area contributed by atoms with Gasteiger partial charge < -0.3 is 15.1 Å². The standard InChI is InChI=1S/C26H33N3O2/c30-25(17-21-9-3-1-4-10-21)29-19-23(22-11-5-2-6-12-22)18-24(20-29)26(31)27-13-16-28-14-7-8-15-28/h1-6,9-12,23-24H,7-8,13-20H2,(H,27,31)/t23-,24+/m0/s1. The maximum Gasteiger partial charge on any atom is 0.227 e. The van der Waals surface area contributed by atoms with Crippen LogP contribution < -0.4 is 5.32 Å². The number of benzene rings is 2. The number of hydrogen-bond donors (Lipinski definition) is 1. The highest BCUT2D eigenvalue weighted by Gasteiger charge is 2.34. The van der Waals surface area contributed by atoms with Gasteiger partial charge in [-0.25, -0.2) is 0 Å². The molecule has 2 heterocycles. The summed E-state index contributed by atoms with van der Waals surface area (Å²) in [6.07, 6.45) is 3.68. The number of carbonyl (C=O) groups is 2. The van der Waals surface area contributed by atoms with Gasteiger partial charge in [-0.1, -0.05) is 60.7 Å². The predicted octanol–water partition coefficient (Wildman–Crippen LogP) is 3.07. The van der Waals surface area contributed by atoms with E-state index in [2.05, 4.69) is 22.3 Å². The molecule has 0 aliphatic carbocycles. The van der Waals surface area contributed by atoms with Crippen LogP contribution in [0.15, 0.2) is 60.7 Å². The molecular formula is C26H33N3O2. The first kappa shape index (κ1) is 21.6. The number of piperidine rings is 1. The Balaban J connectivity index is 1.41. The van der Waals surface area contributed by atoms with Gasteiger partial charge in [0.1, 0.15) is 0 Å². The zero-order chi connectivity index (χ0) is 21.5. The van der Waals surface area contributed by atoms with E-state index in [4.69, 9.17) is 0 Å². The molecule has 2 amide bonds. The molecule has 164 valence electrons. The number of nitrogens with one attached hydrogen (secondary N) is 1. The lowest BCUT2D eigenvalue weighted by molar-refractivity contribution is -0.135. The summed E-state index contributed by atoms with van der Waals surface area (Å²) in [5.41, 5.74) is 2.22. The van der Waals surface area contributed by atoms with Gasteiger partial charge in [0.05, 0.1) is 12.3 Å². The van der Waals surface area contributed by atoms with Gasteiger partial charge in [0, 0.05) is 32.1 Å². The van der Waals surface area contributed by atoms with E-state index in [0.29, 0.717) is 26.1 Å². The first-order valence-electron chi connectivity index (χ1n) is 11.6. The molecule has 2 aromatic carbocycles. The summed E-state index contributed by atoms with van der Waals surface area (Å²) in [5.74, 6) is 0.195. The molecule has 2 fully saturated rings. The summed E-state index contributed by atoms with van der Waals surface area (Å²) in [6.45, 7) is 5.05. The quantitative estimate of drug-likeness (QED) is 0.750. The second kappa shape index (κ2) is 10.6. The Hall–Kier alpha value is -2.66. The fourth-order valence-corrected chi connectivity index (χ4v) is 4.83. The first-order valence-corrected chi connectivity index (χ1v) is 11.6. The summed E-state index contributed by atoms with van der Waals surface area (Å²) < 4.78 is 0. The molecule has 0 radical (unpaired) electrons. The highest BCUT2D eigenvalue weighted by atomic mass is 16.2. The largest absolute Gasteiger partial charge is 0.355 e. The minimum absolute atomic E-state index is 0.0809. The average molecular weight is 420 g/mol. The molecule has 2 atom stereocenters. The van der Waals surface area contributed by atoms with Crippen molar-refractivity contribution in [3.63, 3.8) is 0 Å². The van der Waals surface area contributed by atoms with Gasteiger partial charge in [0.2, 0.25) is 11.8 Å². The Morgan fingerprint density at radius 2 is 1.58 bits per heavy atom. The van der Waals surface area contributed by atoms with Crippen molar-refractivity contribution in [3.05, 3.63) is 71.8 Å². The monoisotopic (exact) mass is 419 g/mol. The molecule has 0 unspecified atom stereocenters. The average Bonchev–Trinajstić information content (AvgIpc) is 3.33. The van der Waals surface area contributed by atoms with E-state index in [1.807, 2.05) is 53.4 Å². The molecule has 1 N–H and O–H groups in total. The second-order valence-corrected chi connectivity index (χ2v) is 8.84.